The van der Waals surface area contributed by atoms with Gasteiger partial charge in [0.1, 0.15) is 0 Å². The summed E-state index contributed by atoms with van der Waals surface area (Å²) in [7, 11) is 4.89. The fraction of sp³-hybridized carbons (Fsp3) is 0.250. The van der Waals surface area contributed by atoms with Crippen LogP contribution in [0.3, 0.4) is 0 Å². The predicted molar refractivity (Wildman–Crippen MR) is 137 cm³/mol. The molecule has 5 aromatic rings. The van der Waals surface area contributed by atoms with E-state index in [9.17, 15) is 0 Å². The number of ether oxygens (including phenoxy) is 3. The highest BCUT2D eigenvalue weighted by Gasteiger charge is 2.18. The summed E-state index contributed by atoms with van der Waals surface area (Å²) in [6.45, 7) is 1.75. The zero-order valence-corrected chi connectivity index (χ0v) is 20.8. The predicted octanol–water partition coefficient (Wildman–Crippen LogP) is 4.20. The average molecular weight is 508 g/mol. The molecule has 0 bridgehead atoms. The molecule has 0 spiro atoms. The summed E-state index contributed by atoms with van der Waals surface area (Å²) < 4.78 is 23.0. The number of hydrogen-bond donors (Lipinski definition) is 2. The molecule has 0 saturated carbocycles. The summed E-state index contributed by atoms with van der Waals surface area (Å²) in [4.78, 5) is 14.1. The van der Waals surface area contributed by atoms with E-state index >= 15 is 0 Å². The third-order valence-corrected chi connectivity index (χ3v) is 6.17. The van der Waals surface area contributed by atoms with Gasteiger partial charge in [0, 0.05) is 31.8 Å². The van der Waals surface area contributed by atoms with Gasteiger partial charge in [0.25, 0.3) is 0 Å². The van der Waals surface area contributed by atoms with Crippen LogP contribution < -0.4 is 20.1 Å². The van der Waals surface area contributed by atoms with Crippen LogP contribution in [0.4, 0.5) is 11.1 Å². The summed E-state index contributed by atoms with van der Waals surface area (Å²) in [5.41, 5.74) is 3.11. The summed E-state index contributed by atoms with van der Waals surface area (Å²) >= 11 is 1.51. The smallest absolute Gasteiger partial charge is 0.226 e. The van der Waals surface area contributed by atoms with E-state index in [-0.39, 0.29) is 0 Å². The molecular formula is C24H25N7O4S. The van der Waals surface area contributed by atoms with Crippen LogP contribution in [-0.4, -0.2) is 59.0 Å². The molecule has 0 fully saturated rings. The average Bonchev–Trinajstić information content (AvgIpc) is 3.68. The van der Waals surface area contributed by atoms with E-state index in [1.54, 1.807) is 44.4 Å². The molecule has 1 aromatic carbocycles. The van der Waals surface area contributed by atoms with Gasteiger partial charge < -0.3 is 29.3 Å². The Hall–Kier alpha value is -4.16. The summed E-state index contributed by atoms with van der Waals surface area (Å²) in [5.74, 6) is 2.88. The summed E-state index contributed by atoms with van der Waals surface area (Å²) in [5, 5.41) is 14.0. The molecule has 0 amide bonds. The van der Waals surface area contributed by atoms with Gasteiger partial charge in [-0.3, -0.25) is 0 Å². The van der Waals surface area contributed by atoms with Gasteiger partial charge in [0.15, 0.2) is 28.0 Å². The molecule has 0 aliphatic carbocycles. The van der Waals surface area contributed by atoms with Crippen LogP contribution in [0.15, 0.2) is 52.6 Å². The van der Waals surface area contributed by atoms with Crippen molar-refractivity contribution in [3.8, 4) is 34.3 Å². The van der Waals surface area contributed by atoms with E-state index in [1.807, 2.05) is 29.6 Å². The Morgan fingerprint density at radius 2 is 1.94 bits per heavy atom. The quantitative estimate of drug-likeness (QED) is 0.252. The highest BCUT2D eigenvalue weighted by Crippen LogP contribution is 2.31. The zero-order chi connectivity index (χ0) is 24.9. The molecule has 11 nitrogen and oxygen atoms in total. The number of benzene rings is 1. The lowest BCUT2D eigenvalue weighted by Crippen LogP contribution is -2.08. The topological polar surface area (TPSA) is 121 Å². The molecule has 0 aliphatic heterocycles. The van der Waals surface area contributed by atoms with E-state index < -0.39 is 0 Å². The zero-order valence-electron chi connectivity index (χ0n) is 20.0. The second-order valence-corrected chi connectivity index (χ2v) is 8.50. The minimum atomic E-state index is 0.456. The SMILES string of the molecule is COCCNc1nc(-c2cnc(NCc3ccc(OC)c(OC)c3)n3nc(-c4ccco4)nc23)cs1. The standard InChI is InChI=1S/C24H25N7O4S/c1-32-10-8-25-24-28-17(14-36-24)16-13-27-23(26-12-15-6-7-18(33-2)20(11-15)34-3)31-22(16)29-21(30-31)19-5-4-9-35-19/h4-7,9,11,13-14H,8,10,12H2,1-3H3,(H,25,28)(H,26,27). The number of rotatable bonds is 11. The fourth-order valence-electron chi connectivity index (χ4n) is 3.59. The number of anilines is 2. The Morgan fingerprint density at radius 1 is 1.06 bits per heavy atom. The summed E-state index contributed by atoms with van der Waals surface area (Å²) in [6.07, 6.45) is 3.34. The maximum atomic E-state index is 5.53. The van der Waals surface area contributed by atoms with Crippen molar-refractivity contribution in [3.05, 3.63) is 53.7 Å². The first-order valence-electron chi connectivity index (χ1n) is 11.1. The number of nitrogens with one attached hydrogen (secondary N) is 2. The highest BCUT2D eigenvalue weighted by atomic mass is 32.1. The van der Waals surface area contributed by atoms with Crippen LogP contribution in [0.25, 0.3) is 28.5 Å². The Morgan fingerprint density at radius 3 is 2.72 bits per heavy atom. The highest BCUT2D eigenvalue weighted by molar-refractivity contribution is 7.14. The van der Waals surface area contributed by atoms with Crippen LogP contribution in [0.1, 0.15) is 5.56 Å². The van der Waals surface area contributed by atoms with Crippen LogP contribution in [0, 0.1) is 0 Å². The van der Waals surface area contributed by atoms with Crippen molar-refractivity contribution < 1.29 is 18.6 Å². The molecule has 0 radical (unpaired) electrons. The van der Waals surface area contributed by atoms with Gasteiger partial charge in [-0.15, -0.1) is 16.4 Å². The lowest BCUT2D eigenvalue weighted by Gasteiger charge is -2.11. The van der Waals surface area contributed by atoms with E-state index in [0.29, 0.717) is 54.4 Å². The van der Waals surface area contributed by atoms with Crippen LogP contribution in [0.2, 0.25) is 0 Å². The van der Waals surface area contributed by atoms with Crippen molar-refractivity contribution in [3.63, 3.8) is 0 Å². The van der Waals surface area contributed by atoms with Crippen LogP contribution >= 0.6 is 11.3 Å². The maximum absolute atomic E-state index is 5.53. The number of fused-ring (bicyclic) bond motifs is 1. The molecular weight excluding hydrogens is 482 g/mol. The molecule has 0 unspecified atom stereocenters. The van der Waals surface area contributed by atoms with Gasteiger partial charge in [-0.05, 0) is 29.8 Å². The fourth-order valence-corrected chi connectivity index (χ4v) is 4.33. The second-order valence-electron chi connectivity index (χ2n) is 7.64. The van der Waals surface area contributed by atoms with E-state index in [4.69, 9.17) is 28.6 Å². The van der Waals surface area contributed by atoms with Crippen molar-refractivity contribution in [1.29, 1.82) is 0 Å². The van der Waals surface area contributed by atoms with Gasteiger partial charge in [-0.2, -0.15) is 4.52 Å². The number of furan rings is 1. The first-order chi connectivity index (χ1) is 17.7. The van der Waals surface area contributed by atoms with Gasteiger partial charge in [-0.1, -0.05) is 6.07 Å². The molecule has 0 saturated heterocycles. The van der Waals surface area contributed by atoms with Crippen molar-refractivity contribution in [2.45, 2.75) is 6.54 Å². The van der Waals surface area contributed by atoms with Crippen molar-refractivity contribution >= 4 is 28.1 Å². The minimum absolute atomic E-state index is 0.456. The number of hydrogen-bond acceptors (Lipinski definition) is 11. The third-order valence-electron chi connectivity index (χ3n) is 5.37. The van der Waals surface area contributed by atoms with E-state index in [0.717, 1.165) is 22.0 Å². The van der Waals surface area contributed by atoms with E-state index in [2.05, 4.69) is 20.7 Å². The van der Waals surface area contributed by atoms with E-state index in [1.165, 1.54) is 11.3 Å². The number of methoxy groups -OCH3 is 3. The van der Waals surface area contributed by atoms with Gasteiger partial charge in [0.2, 0.25) is 11.8 Å². The number of thiazole rings is 1. The maximum Gasteiger partial charge on any atom is 0.226 e. The molecule has 2 N–H and O–H groups in total. The van der Waals surface area contributed by atoms with Crippen molar-refractivity contribution in [2.24, 2.45) is 0 Å². The van der Waals surface area contributed by atoms with Crippen LogP contribution in [0.5, 0.6) is 11.5 Å². The molecule has 5 rings (SSSR count). The second kappa shape index (κ2) is 10.6. The number of aromatic nitrogens is 5. The normalized spacial score (nSPS) is 11.1. The first kappa shape index (κ1) is 23.6. The Labute approximate surface area is 211 Å². The van der Waals surface area contributed by atoms with Crippen molar-refractivity contribution in [1.82, 2.24) is 24.6 Å². The lowest BCUT2D eigenvalue weighted by molar-refractivity contribution is 0.211. The third kappa shape index (κ3) is 4.81. The molecule has 186 valence electrons. The summed E-state index contributed by atoms with van der Waals surface area (Å²) in [6, 6.07) is 9.37. The minimum Gasteiger partial charge on any atom is -0.493 e. The first-order valence-corrected chi connectivity index (χ1v) is 12.0. The molecule has 0 aliphatic rings. The monoisotopic (exact) mass is 507 g/mol. The molecule has 4 aromatic heterocycles. The van der Waals surface area contributed by atoms with Gasteiger partial charge >= 0.3 is 0 Å². The number of nitrogens with zero attached hydrogens (tertiary/aromatic N) is 5. The molecule has 0 atom stereocenters. The molecule has 36 heavy (non-hydrogen) atoms. The Bertz CT molecular complexity index is 1450. The molecule has 12 heteroatoms. The lowest BCUT2D eigenvalue weighted by atomic mass is 10.2. The van der Waals surface area contributed by atoms with Crippen LogP contribution in [-0.2, 0) is 11.3 Å². The molecule has 4 heterocycles. The Kier molecular flexibility index (Phi) is 6.96. The van der Waals surface area contributed by atoms with Crippen molar-refractivity contribution in [2.75, 3.05) is 45.1 Å². The van der Waals surface area contributed by atoms with Gasteiger partial charge in [-0.25, -0.2) is 15.0 Å². The Balaban J connectivity index is 1.48. The van der Waals surface area contributed by atoms with Gasteiger partial charge in [0.05, 0.1) is 38.3 Å². The largest absolute Gasteiger partial charge is 0.493 e.